The molecule has 12 heteroatoms. The van der Waals surface area contributed by atoms with Crippen LogP contribution in [0.4, 0.5) is 26.7 Å². The van der Waals surface area contributed by atoms with Crippen LogP contribution >= 0.6 is 0 Å². The molecular weight excluding hydrogens is 557 g/mol. The second-order valence-electron chi connectivity index (χ2n) is 11.2. The van der Waals surface area contributed by atoms with Crippen LogP contribution in [0.25, 0.3) is 27.7 Å². The lowest BCUT2D eigenvalue weighted by atomic mass is 9.96. The summed E-state index contributed by atoms with van der Waals surface area (Å²) < 4.78 is 73.6. The fourth-order valence-corrected chi connectivity index (χ4v) is 6.47. The number of aromatic nitrogens is 3. The summed E-state index contributed by atoms with van der Waals surface area (Å²) in [5.41, 5.74) is 2.90. The Hall–Kier alpha value is -4.22. The third-order valence-corrected chi connectivity index (χ3v) is 8.56. The van der Waals surface area contributed by atoms with Crippen LogP contribution in [-0.2, 0) is 24.1 Å². The summed E-state index contributed by atoms with van der Waals surface area (Å²) in [5, 5.41) is 0.295. The van der Waals surface area contributed by atoms with E-state index in [1.54, 1.807) is 12.4 Å². The van der Waals surface area contributed by atoms with Gasteiger partial charge in [0.05, 0.1) is 23.0 Å². The second-order valence-corrected chi connectivity index (χ2v) is 11.2. The number of piperidine rings is 1. The highest BCUT2D eigenvalue weighted by atomic mass is 19.4. The molecule has 4 aromatic rings. The Labute approximate surface area is 236 Å². The van der Waals surface area contributed by atoms with E-state index >= 15 is 0 Å². The number of likely N-dealkylation sites (tertiary alicyclic amines) is 1. The molecule has 3 aliphatic rings. The summed E-state index contributed by atoms with van der Waals surface area (Å²) in [5.74, 6) is -2.98. The highest BCUT2D eigenvalue weighted by Crippen LogP contribution is 2.44. The molecule has 3 aromatic heterocycles. The number of fused-ring (bicyclic) bond motifs is 1. The lowest BCUT2D eigenvalue weighted by Gasteiger charge is -2.35. The van der Waals surface area contributed by atoms with Crippen molar-refractivity contribution in [3.63, 3.8) is 0 Å². The number of allylic oxidation sites excluding steroid dienone is 2. The van der Waals surface area contributed by atoms with Crippen LogP contribution in [-0.4, -0.2) is 61.1 Å². The molecule has 0 unspecified atom stereocenters. The number of urea groups is 1. The summed E-state index contributed by atoms with van der Waals surface area (Å²) in [7, 11) is 0. The van der Waals surface area contributed by atoms with Crippen molar-refractivity contribution in [2.75, 3.05) is 19.6 Å². The van der Waals surface area contributed by atoms with Gasteiger partial charge in [0.25, 0.3) is 5.92 Å². The molecule has 7 rings (SSSR count). The maximum absolute atomic E-state index is 14.2. The number of rotatable bonds is 2. The van der Waals surface area contributed by atoms with E-state index in [0.29, 0.717) is 39.7 Å². The van der Waals surface area contributed by atoms with Crippen LogP contribution in [0.3, 0.4) is 0 Å². The number of carbonyl (C=O) groups is 2. The van der Waals surface area contributed by atoms with E-state index in [4.69, 9.17) is 0 Å². The normalized spacial score (nSPS) is 19.3. The van der Waals surface area contributed by atoms with Gasteiger partial charge in [0.15, 0.2) is 5.78 Å². The third-order valence-electron chi connectivity index (χ3n) is 8.56. The van der Waals surface area contributed by atoms with Crippen molar-refractivity contribution in [3.05, 3.63) is 71.3 Å². The number of hydrogen-bond donors (Lipinski definition) is 0. The first-order valence-electron chi connectivity index (χ1n) is 13.8. The van der Waals surface area contributed by atoms with E-state index in [2.05, 4.69) is 4.98 Å². The van der Waals surface area contributed by atoms with Gasteiger partial charge in [0.2, 0.25) is 0 Å². The van der Waals surface area contributed by atoms with Gasteiger partial charge in [-0.1, -0.05) is 6.07 Å². The van der Waals surface area contributed by atoms with Crippen LogP contribution in [0.5, 0.6) is 0 Å². The van der Waals surface area contributed by atoms with Crippen molar-refractivity contribution < 1.29 is 31.5 Å². The van der Waals surface area contributed by atoms with E-state index in [1.807, 2.05) is 33.4 Å². The van der Waals surface area contributed by atoms with Gasteiger partial charge in [-0.15, -0.1) is 0 Å². The standard InChI is InChI=1S/C30H26F5N5O2/c31-29(32)6-9-37(10-7-29)28(42)39-12-11-38-17-22(21-14-19(30(33,34)35)13-18(16-39)27(21)38)26-20(4-5-24(26)41)23-15-36-25-3-1-2-8-40(23)25/h1-3,8,13-15,17H,4-7,9-12,16H2. The second kappa shape index (κ2) is 9.40. The van der Waals surface area contributed by atoms with Gasteiger partial charge in [-0.2, -0.15) is 13.2 Å². The molecule has 2 aliphatic heterocycles. The van der Waals surface area contributed by atoms with Crippen molar-refractivity contribution in [1.82, 2.24) is 23.8 Å². The lowest BCUT2D eigenvalue weighted by molar-refractivity contribution is -0.137. The van der Waals surface area contributed by atoms with E-state index in [9.17, 15) is 31.5 Å². The van der Waals surface area contributed by atoms with Crippen LogP contribution in [0.15, 0.2) is 48.9 Å². The molecule has 5 heterocycles. The number of benzene rings is 1. The zero-order valence-corrected chi connectivity index (χ0v) is 22.4. The number of imidazole rings is 1. The number of amides is 2. The average molecular weight is 584 g/mol. The van der Waals surface area contributed by atoms with Gasteiger partial charge >= 0.3 is 12.2 Å². The maximum Gasteiger partial charge on any atom is 0.416 e. The summed E-state index contributed by atoms with van der Waals surface area (Å²) in [6.07, 6.45) is 0.351. The summed E-state index contributed by atoms with van der Waals surface area (Å²) in [6, 6.07) is 7.20. The first-order chi connectivity index (χ1) is 20.0. The maximum atomic E-state index is 14.2. The predicted molar refractivity (Wildman–Crippen MR) is 145 cm³/mol. The topological polar surface area (TPSA) is 62.9 Å². The Bertz CT molecular complexity index is 1790. The van der Waals surface area contributed by atoms with Crippen molar-refractivity contribution in [2.45, 2.75) is 50.9 Å². The van der Waals surface area contributed by atoms with Gasteiger partial charge in [-0.25, -0.2) is 18.6 Å². The molecule has 0 bridgehead atoms. The van der Waals surface area contributed by atoms with E-state index in [-0.39, 0.29) is 44.9 Å². The monoisotopic (exact) mass is 583 g/mol. The Morgan fingerprint density at radius 3 is 2.52 bits per heavy atom. The molecule has 7 nitrogen and oxygen atoms in total. The minimum absolute atomic E-state index is 0.108. The fourth-order valence-electron chi connectivity index (χ4n) is 6.47. The largest absolute Gasteiger partial charge is 0.416 e. The first-order valence-corrected chi connectivity index (χ1v) is 13.8. The molecule has 218 valence electrons. The van der Waals surface area contributed by atoms with Crippen molar-refractivity contribution >= 4 is 39.5 Å². The number of nitrogens with zero attached hydrogens (tertiary/aromatic N) is 5. The lowest BCUT2D eigenvalue weighted by Crippen LogP contribution is -2.49. The summed E-state index contributed by atoms with van der Waals surface area (Å²) in [6.45, 7) is 0.121. The summed E-state index contributed by atoms with van der Waals surface area (Å²) in [4.78, 5) is 33.9. The van der Waals surface area contributed by atoms with Crippen LogP contribution < -0.4 is 0 Å². The van der Waals surface area contributed by atoms with E-state index in [0.717, 1.165) is 23.4 Å². The number of halogens is 5. The van der Waals surface area contributed by atoms with Gasteiger partial charge in [0, 0.05) is 80.9 Å². The molecular formula is C30H26F5N5O2. The van der Waals surface area contributed by atoms with Gasteiger partial charge in [-0.05, 0) is 41.8 Å². The summed E-state index contributed by atoms with van der Waals surface area (Å²) >= 11 is 0. The van der Waals surface area contributed by atoms with E-state index in [1.165, 1.54) is 9.80 Å². The molecule has 0 atom stereocenters. The molecule has 1 aliphatic carbocycles. The number of alkyl halides is 5. The van der Waals surface area contributed by atoms with Gasteiger partial charge in [0.1, 0.15) is 5.65 Å². The third kappa shape index (κ3) is 4.35. The number of pyridine rings is 1. The molecule has 1 fully saturated rings. The van der Waals surface area contributed by atoms with E-state index < -0.39 is 36.5 Å². The number of ketones is 1. The highest BCUT2D eigenvalue weighted by molar-refractivity contribution is 6.33. The zero-order chi connectivity index (χ0) is 29.4. The molecule has 0 spiro atoms. The SMILES string of the molecule is O=C1CCC(c2cnc3ccccn23)=C1c1cn2c3c(cc(C(F)(F)F)cc13)CN(C(=O)N1CCC(F)(F)CC1)CC2. The molecule has 1 saturated heterocycles. The Kier molecular flexibility index (Phi) is 5.97. The molecule has 0 N–H and O–H groups in total. The molecule has 0 radical (unpaired) electrons. The molecule has 2 amide bonds. The molecule has 0 saturated carbocycles. The Morgan fingerprint density at radius 1 is 0.976 bits per heavy atom. The molecule has 42 heavy (non-hydrogen) atoms. The van der Waals surface area contributed by atoms with Crippen LogP contribution in [0.1, 0.15) is 48.1 Å². The molecule has 1 aromatic carbocycles. The van der Waals surface area contributed by atoms with Crippen molar-refractivity contribution in [1.29, 1.82) is 0 Å². The highest BCUT2D eigenvalue weighted by Gasteiger charge is 2.39. The van der Waals surface area contributed by atoms with Crippen molar-refractivity contribution in [2.24, 2.45) is 0 Å². The Morgan fingerprint density at radius 2 is 1.76 bits per heavy atom. The predicted octanol–water partition coefficient (Wildman–Crippen LogP) is 6.25. The number of Topliss-reactive ketones (excluding diaryl/α,β-unsaturated/α-hetero) is 1. The van der Waals surface area contributed by atoms with Gasteiger partial charge < -0.3 is 14.4 Å². The zero-order valence-electron chi connectivity index (χ0n) is 22.4. The minimum Gasteiger partial charge on any atom is -0.345 e. The first kappa shape index (κ1) is 26.7. The van der Waals surface area contributed by atoms with Gasteiger partial charge in [-0.3, -0.25) is 9.20 Å². The Balaban J connectivity index is 1.35. The smallest absolute Gasteiger partial charge is 0.345 e. The number of carbonyl (C=O) groups excluding carboxylic acids is 2. The van der Waals surface area contributed by atoms with Crippen LogP contribution in [0, 0.1) is 0 Å². The number of hydrogen-bond acceptors (Lipinski definition) is 3. The quantitative estimate of drug-likeness (QED) is 0.262. The van der Waals surface area contributed by atoms with Crippen LogP contribution in [0.2, 0.25) is 0 Å². The minimum atomic E-state index is -4.66. The fraction of sp³-hybridized carbons (Fsp3) is 0.367. The van der Waals surface area contributed by atoms with Crippen molar-refractivity contribution in [3.8, 4) is 0 Å². The average Bonchev–Trinajstić information content (AvgIpc) is 3.60.